The van der Waals surface area contributed by atoms with Crippen molar-refractivity contribution in [2.24, 2.45) is 0 Å². The smallest absolute Gasteiger partial charge is 0.128 e. The monoisotopic (exact) mass is 272 g/mol. The topological polar surface area (TPSA) is 20.2 Å². The van der Waals surface area contributed by atoms with Crippen LogP contribution in [0.1, 0.15) is 19.4 Å². The van der Waals surface area contributed by atoms with Crippen LogP contribution in [-0.4, -0.2) is 13.0 Å². The molecule has 0 bridgehead atoms. The lowest BCUT2D eigenvalue weighted by Gasteiger charge is -2.19. The fourth-order valence-corrected chi connectivity index (χ4v) is 1.42. The first-order valence-electron chi connectivity index (χ1n) is 3.69. The van der Waals surface area contributed by atoms with Crippen LogP contribution in [0.5, 0.6) is 5.75 Å². The van der Waals surface area contributed by atoms with Crippen molar-refractivity contribution >= 4 is 30.4 Å². The maximum atomic E-state index is 9.26. The Balaban J connectivity index is 3.14. The SMILES string of the molecule is [B]C(C)(C)c1ccc(O)c(I)c1. The fourth-order valence-electron chi connectivity index (χ4n) is 0.908. The molecule has 0 aromatic heterocycles. The zero-order valence-electron chi connectivity index (χ0n) is 7.13. The van der Waals surface area contributed by atoms with Gasteiger partial charge in [-0.3, -0.25) is 0 Å². The van der Waals surface area contributed by atoms with Crippen LogP contribution >= 0.6 is 22.6 Å². The molecule has 12 heavy (non-hydrogen) atoms. The van der Waals surface area contributed by atoms with E-state index in [0.717, 1.165) is 9.13 Å². The number of benzene rings is 1. The average Bonchev–Trinajstić information content (AvgIpc) is 1.92. The van der Waals surface area contributed by atoms with Gasteiger partial charge in [-0.05, 0) is 45.6 Å². The second-order valence-electron chi connectivity index (χ2n) is 3.39. The third-order valence-electron chi connectivity index (χ3n) is 1.69. The van der Waals surface area contributed by atoms with Gasteiger partial charge < -0.3 is 5.11 Å². The van der Waals surface area contributed by atoms with Crippen molar-refractivity contribution in [2.45, 2.75) is 19.2 Å². The predicted octanol–water partition coefficient (Wildman–Crippen LogP) is 2.40. The van der Waals surface area contributed by atoms with Gasteiger partial charge >= 0.3 is 0 Å². The first kappa shape index (κ1) is 9.90. The highest BCUT2D eigenvalue weighted by molar-refractivity contribution is 14.1. The van der Waals surface area contributed by atoms with Crippen LogP contribution < -0.4 is 0 Å². The quantitative estimate of drug-likeness (QED) is 0.614. The van der Waals surface area contributed by atoms with Crippen LogP contribution in [0.15, 0.2) is 18.2 Å². The minimum Gasteiger partial charge on any atom is -0.507 e. The Morgan fingerprint density at radius 1 is 1.42 bits per heavy atom. The molecule has 0 heterocycles. The summed E-state index contributed by atoms with van der Waals surface area (Å²) in [5.74, 6) is 0.309. The summed E-state index contributed by atoms with van der Waals surface area (Å²) < 4.78 is 0.837. The highest BCUT2D eigenvalue weighted by Gasteiger charge is 2.13. The number of aromatic hydroxyl groups is 1. The molecule has 62 valence electrons. The molecule has 3 heteroatoms. The summed E-state index contributed by atoms with van der Waals surface area (Å²) in [6, 6.07) is 5.42. The van der Waals surface area contributed by atoms with Crippen molar-refractivity contribution in [3.8, 4) is 5.75 Å². The van der Waals surface area contributed by atoms with Crippen molar-refractivity contribution in [1.29, 1.82) is 0 Å². The highest BCUT2D eigenvalue weighted by Crippen LogP contribution is 2.26. The molecule has 1 aromatic rings. The van der Waals surface area contributed by atoms with Crippen molar-refractivity contribution in [3.63, 3.8) is 0 Å². The van der Waals surface area contributed by atoms with Gasteiger partial charge in [0.05, 0.1) is 11.4 Å². The molecule has 1 aromatic carbocycles. The second kappa shape index (κ2) is 3.28. The molecule has 1 rings (SSSR count). The summed E-state index contributed by atoms with van der Waals surface area (Å²) in [5, 5.41) is 8.92. The van der Waals surface area contributed by atoms with E-state index in [9.17, 15) is 5.11 Å². The molecule has 0 saturated carbocycles. The van der Waals surface area contributed by atoms with E-state index < -0.39 is 0 Å². The molecule has 1 nitrogen and oxygen atoms in total. The lowest BCUT2D eigenvalue weighted by atomic mass is 9.67. The van der Waals surface area contributed by atoms with Gasteiger partial charge in [-0.1, -0.05) is 19.9 Å². The van der Waals surface area contributed by atoms with E-state index >= 15 is 0 Å². The zero-order chi connectivity index (χ0) is 9.35. The van der Waals surface area contributed by atoms with Crippen LogP contribution in [0.4, 0.5) is 0 Å². The third-order valence-corrected chi connectivity index (χ3v) is 2.56. The van der Waals surface area contributed by atoms with Gasteiger partial charge in [0.1, 0.15) is 5.75 Å². The van der Waals surface area contributed by atoms with Gasteiger partial charge in [0, 0.05) is 0 Å². The fraction of sp³-hybridized carbons (Fsp3) is 0.333. The zero-order valence-corrected chi connectivity index (χ0v) is 9.29. The van der Waals surface area contributed by atoms with Crippen LogP contribution in [0.25, 0.3) is 0 Å². The molecule has 0 saturated heterocycles. The molecule has 0 amide bonds. The lowest BCUT2D eigenvalue weighted by Crippen LogP contribution is -2.16. The number of halogens is 1. The number of hydrogen-bond donors (Lipinski definition) is 1. The van der Waals surface area contributed by atoms with E-state index in [0.29, 0.717) is 5.75 Å². The van der Waals surface area contributed by atoms with Crippen LogP contribution in [0, 0.1) is 3.57 Å². The molecule has 0 spiro atoms. The Labute approximate surface area is 87.7 Å². The van der Waals surface area contributed by atoms with E-state index in [-0.39, 0.29) is 5.31 Å². The van der Waals surface area contributed by atoms with E-state index in [1.54, 1.807) is 6.07 Å². The maximum absolute atomic E-state index is 9.26. The van der Waals surface area contributed by atoms with E-state index in [4.69, 9.17) is 7.85 Å². The Bertz CT molecular complexity index is 291. The average molecular weight is 272 g/mol. The third kappa shape index (κ3) is 2.15. The van der Waals surface area contributed by atoms with E-state index in [1.807, 2.05) is 26.0 Å². The van der Waals surface area contributed by atoms with Gasteiger partial charge in [0.25, 0.3) is 0 Å². The van der Waals surface area contributed by atoms with Crippen molar-refractivity contribution < 1.29 is 5.11 Å². The standard InChI is InChI=1S/C9H10BIO/c1-9(2,10)6-3-4-8(12)7(11)5-6/h3-5,12H,1-2H3. The number of rotatable bonds is 1. The molecule has 0 aliphatic heterocycles. The molecular formula is C9H10BIO. The van der Waals surface area contributed by atoms with Crippen molar-refractivity contribution in [3.05, 3.63) is 27.3 Å². The summed E-state index contributed by atoms with van der Waals surface area (Å²) in [4.78, 5) is 0. The van der Waals surface area contributed by atoms with E-state index in [2.05, 4.69) is 22.6 Å². The summed E-state index contributed by atoms with van der Waals surface area (Å²) in [5.41, 5.74) is 1.03. The summed E-state index contributed by atoms with van der Waals surface area (Å²) in [6.07, 6.45) is 0. The van der Waals surface area contributed by atoms with Gasteiger partial charge in [-0.25, -0.2) is 0 Å². The molecule has 0 aliphatic carbocycles. The predicted molar refractivity (Wildman–Crippen MR) is 59.6 cm³/mol. The first-order chi connectivity index (χ1) is 5.41. The molecule has 2 radical (unpaired) electrons. The van der Waals surface area contributed by atoms with Gasteiger partial charge in [-0.2, -0.15) is 0 Å². The summed E-state index contributed by atoms with van der Waals surface area (Å²) >= 11 is 2.08. The largest absolute Gasteiger partial charge is 0.507 e. The lowest BCUT2D eigenvalue weighted by molar-refractivity contribution is 0.471. The minimum absolute atomic E-state index is 0.309. The Morgan fingerprint density at radius 3 is 2.42 bits per heavy atom. The Morgan fingerprint density at radius 2 is 2.00 bits per heavy atom. The maximum Gasteiger partial charge on any atom is 0.128 e. The first-order valence-corrected chi connectivity index (χ1v) is 4.77. The molecule has 0 unspecified atom stereocenters. The van der Waals surface area contributed by atoms with Crippen molar-refractivity contribution in [2.75, 3.05) is 0 Å². The van der Waals surface area contributed by atoms with E-state index in [1.165, 1.54) is 0 Å². The van der Waals surface area contributed by atoms with Crippen LogP contribution in [-0.2, 0) is 5.31 Å². The normalized spacial score (nSPS) is 11.6. The summed E-state index contributed by atoms with van der Waals surface area (Å²) in [6.45, 7) is 3.88. The number of hydrogen-bond acceptors (Lipinski definition) is 1. The molecule has 0 atom stereocenters. The molecule has 0 aliphatic rings. The van der Waals surface area contributed by atoms with Gasteiger partial charge in [0.15, 0.2) is 0 Å². The Kier molecular flexibility index (Phi) is 2.71. The molecular weight excluding hydrogens is 262 g/mol. The van der Waals surface area contributed by atoms with Crippen molar-refractivity contribution in [1.82, 2.24) is 0 Å². The van der Waals surface area contributed by atoms with Gasteiger partial charge in [-0.15, -0.1) is 0 Å². The molecule has 1 N–H and O–H groups in total. The number of phenols is 1. The molecule has 0 fully saturated rings. The number of phenolic OH excluding ortho intramolecular Hbond substituents is 1. The van der Waals surface area contributed by atoms with Gasteiger partial charge in [0.2, 0.25) is 0 Å². The van der Waals surface area contributed by atoms with Crippen LogP contribution in [0.3, 0.4) is 0 Å². The highest BCUT2D eigenvalue weighted by atomic mass is 127. The minimum atomic E-state index is -0.340. The Hall–Kier alpha value is -0.185. The van der Waals surface area contributed by atoms with Crippen LogP contribution in [0.2, 0.25) is 0 Å². The summed E-state index contributed by atoms with van der Waals surface area (Å²) in [7, 11) is 5.89. The second-order valence-corrected chi connectivity index (χ2v) is 4.55.